The van der Waals surface area contributed by atoms with Crippen LogP contribution in [0.25, 0.3) is 0 Å². The van der Waals surface area contributed by atoms with Gasteiger partial charge in [-0.2, -0.15) is 0 Å². The molecule has 2 aliphatic rings. The Labute approximate surface area is 117 Å². The summed E-state index contributed by atoms with van der Waals surface area (Å²) in [7, 11) is 0. The second kappa shape index (κ2) is 5.32. The van der Waals surface area contributed by atoms with Crippen LogP contribution in [0.15, 0.2) is 0 Å². The van der Waals surface area contributed by atoms with E-state index >= 15 is 0 Å². The molecule has 19 heavy (non-hydrogen) atoms. The van der Waals surface area contributed by atoms with Crippen molar-refractivity contribution < 1.29 is 10.2 Å². The van der Waals surface area contributed by atoms with Gasteiger partial charge in [0.15, 0.2) is 0 Å². The molecule has 3 atom stereocenters. The fourth-order valence-corrected chi connectivity index (χ4v) is 3.44. The number of hydrogen-bond acceptors (Lipinski definition) is 4. The van der Waals surface area contributed by atoms with Crippen molar-refractivity contribution in [1.29, 1.82) is 0 Å². The predicted molar refractivity (Wildman–Crippen MR) is 77.2 cm³/mol. The zero-order valence-corrected chi connectivity index (χ0v) is 12.9. The summed E-state index contributed by atoms with van der Waals surface area (Å²) in [6.45, 7) is 12.3. The second-order valence-electron chi connectivity index (χ2n) is 7.56. The van der Waals surface area contributed by atoms with Crippen LogP contribution in [0.4, 0.5) is 0 Å². The van der Waals surface area contributed by atoms with E-state index in [1.54, 1.807) is 0 Å². The van der Waals surface area contributed by atoms with Gasteiger partial charge in [-0.3, -0.25) is 9.80 Å². The first kappa shape index (κ1) is 15.2. The molecule has 0 aliphatic carbocycles. The van der Waals surface area contributed by atoms with E-state index in [9.17, 15) is 10.2 Å². The molecule has 0 aromatic heterocycles. The van der Waals surface area contributed by atoms with E-state index in [4.69, 9.17) is 0 Å². The Hall–Kier alpha value is -0.160. The summed E-state index contributed by atoms with van der Waals surface area (Å²) in [5, 5.41) is 20.4. The molecule has 0 saturated carbocycles. The van der Waals surface area contributed by atoms with Crippen LogP contribution in [0.1, 0.15) is 47.0 Å². The van der Waals surface area contributed by atoms with Crippen LogP contribution < -0.4 is 0 Å². The minimum atomic E-state index is -0.555. The zero-order valence-electron chi connectivity index (χ0n) is 12.9. The SMILES string of the molecule is CC(C[C@@]1(O)CCN(C(C)(C)C)C1)N1CC[C@@H](O)C1. The van der Waals surface area contributed by atoms with Gasteiger partial charge >= 0.3 is 0 Å². The Morgan fingerprint density at radius 2 is 2.00 bits per heavy atom. The highest BCUT2D eigenvalue weighted by molar-refractivity contribution is 4.97. The third kappa shape index (κ3) is 3.69. The molecular weight excluding hydrogens is 240 g/mol. The number of rotatable bonds is 3. The lowest BCUT2D eigenvalue weighted by atomic mass is 9.93. The maximum Gasteiger partial charge on any atom is 0.0801 e. The number of β-amino-alcohol motifs (C(OH)–C–C–N with tert-alkyl or cyclic N) is 2. The highest BCUT2D eigenvalue weighted by Gasteiger charge is 2.42. The fraction of sp³-hybridized carbons (Fsp3) is 1.00. The number of aliphatic hydroxyl groups is 2. The molecular formula is C15H30N2O2. The van der Waals surface area contributed by atoms with Crippen LogP contribution in [0.2, 0.25) is 0 Å². The second-order valence-corrected chi connectivity index (χ2v) is 7.56. The van der Waals surface area contributed by atoms with Crippen LogP contribution in [-0.4, -0.2) is 69.5 Å². The Morgan fingerprint density at radius 3 is 2.47 bits per heavy atom. The smallest absolute Gasteiger partial charge is 0.0801 e. The number of likely N-dealkylation sites (tertiary alicyclic amines) is 2. The first-order chi connectivity index (χ1) is 8.70. The fourth-order valence-electron chi connectivity index (χ4n) is 3.44. The molecule has 2 rings (SSSR count). The molecule has 2 fully saturated rings. The molecule has 112 valence electrons. The molecule has 4 nitrogen and oxygen atoms in total. The van der Waals surface area contributed by atoms with Crippen molar-refractivity contribution in [2.75, 3.05) is 26.2 Å². The molecule has 0 spiro atoms. The van der Waals surface area contributed by atoms with E-state index in [0.717, 1.165) is 45.4 Å². The van der Waals surface area contributed by atoms with Gasteiger partial charge in [0, 0.05) is 37.8 Å². The van der Waals surface area contributed by atoms with Gasteiger partial charge in [0.05, 0.1) is 11.7 Å². The summed E-state index contributed by atoms with van der Waals surface area (Å²) in [4.78, 5) is 4.68. The van der Waals surface area contributed by atoms with E-state index in [2.05, 4.69) is 37.5 Å². The largest absolute Gasteiger partial charge is 0.392 e. The average Bonchev–Trinajstić information content (AvgIpc) is 2.84. The molecule has 2 saturated heterocycles. The van der Waals surface area contributed by atoms with Crippen molar-refractivity contribution in [3.05, 3.63) is 0 Å². The minimum Gasteiger partial charge on any atom is -0.392 e. The molecule has 0 aromatic rings. The molecule has 2 N–H and O–H groups in total. The van der Waals surface area contributed by atoms with Gasteiger partial charge in [-0.25, -0.2) is 0 Å². The van der Waals surface area contributed by atoms with E-state index < -0.39 is 5.60 Å². The number of nitrogens with zero attached hydrogens (tertiary/aromatic N) is 2. The van der Waals surface area contributed by atoms with E-state index in [0.29, 0.717) is 6.04 Å². The Bertz CT molecular complexity index is 316. The summed E-state index contributed by atoms with van der Waals surface area (Å²) in [5.74, 6) is 0. The summed E-state index contributed by atoms with van der Waals surface area (Å²) in [5.41, 5.74) is -0.419. The molecule has 4 heteroatoms. The van der Waals surface area contributed by atoms with Gasteiger partial charge in [-0.1, -0.05) is 0 Å². The van der Waals surface area contributed by atoms with Gasteiger partial charge in [0.1, 0.15) is 0 Å². The lowest BCUT2D eigenvalue weighted by Crippen LogP contribution is -2.45. The molecule has 0 aromatic carbocycles. The monoisotopic (exact) mass is 270 g/mol. The topological polar surface area (TPSA) is 46.9 Å². The van der Waals surface area contributed by atoms with Gasteiger partial charge in [0.25, 0.3) is 0 Å². The van der Waals surface area contributed by atoms with Crippen molar-refractivity contribution in [3.8, 4) is 0 Å². The van der Waals surface area contributed by atoms with Gasteiger partial charge in [-0.15, -0.1) is 0 Å². The van der Waals surface area contributed by atoms with Crippen LogP contribution in [0.5, 0.6) is 0 Å². The Morgan fingerprint density at radius 1 is 1.32 bits per heavy atom. The first-order valence-corrected chi connectivity index (χ1v) is 7.59. The standard InChI is InChI=1S/C15H30N2O2/c1-12(16-7-5-13(18)10-16)9-15(19)6-8-17(11-15)14(2,3)4/h12-13,18-19H,5-11H2,1-4H3/t12?,13-,15+/m1/s1. The number of hydrogen-bond donors (Lipinski definition) is 2. The van der Waals surface area contributed by atoms with Crippen LogP contribution in [0, 0.1) is 0 Å². The van der Waals surface area contributed by atoms with Gasteiger partial charge in [-0.05, 0) is 47.0 Å². The van der Waals surface area contributed by atoms with Crippen LogP contribution >= 0.6 is 0 Å². The quantitative estimate of drug-likeness (QED) is 0.805. The van der Waals surface area contributed by atoms with E-state index in [1.807, 2.05) is 0 Å². The molecule has 1 unspecified atom stereocenters. The zero-order chi connectivity index (χ0) is 14.3. The third-order valence-electron chi connectivity index (χ3n) is 4.77. The van der Waals surface area contributed by atoms with Crippen molar-refractivity contribution in [1.82, 2.24) is 9.80 Å². The highest BCUT2D eigenvalue weighted by Crippen LogP contribution is 2.32. The maximum absolute atomic E-state index is 10.8. The van der Waals surface area contributed by atoms with Crippen molar-refractivity contribution in [2.24, 2.45) is 0 Å². The summed E-state index contributed by atoms with van der Waals surface area (Å²) in [6, 6.07) is 0.349. The molecule has 2 heterocycles. The van der Waals surface area contributed by atoms with Crippen LogP contribution in [-0.2, 0) is 0 Å². The predicted octanol–water partition coefficient (Wildman–Crippen LogP) is 1.07. The first-order valence-electron chi connectivity index (χ1n) is 7.59. The van der Waals surface area contributed by atoms with Gasteiger partial charge in [0.2, 0.25) is 0 Å². The lowest BCUT2D eigenvalue weighted by molar-refractivity contribution is 0.00621. The third-order valence-corrected chi connectivity index (χ3v) is 4.77. The van der Waals surface area contributed by atoms with Crippen molar-refractivity contribution >= 4 is 0 Å². The number of aliphatic hydroxyl groups excluding tert-OH is 1. The van der Waals surface area contributed by atoms with Crippen molar-refractivity contribution in [3.63, 3.8) is 0 Å². The normalized spacial score (nSPS) is 36.0. The summed E-state index contributed by atoms with van der Waals surface area (Å²) in [6.07, 6.45) is 2.38. The molecule has 0 amide bonds. The molecule has 2 aliphatic heterocycles. The van der Waals surface area contributed by atoms with Crippen LogP contribution in [0.3, 0.4) is 0 Å². The average molecular weight is 270 g/mol. The van der Waals surface area contributed by atoms with E-state index in [-0.39, 0.29) is 11.6 Å². The Kier molecular flexibility index (Phi) is 4.26. The van der Waals surface area contributed by atoms with Gasteiger partial charge < -0.3 is 10.2 Å². The van der Waals surface area contributed by atoms with Crippen molar-refractivity contribution in [2.45, 2.75) is 70.2 Å². The maximum atomic E-state index is 10.8. The minimum absolute atomic E-state index is 0.136. The summed E-state index contributed by atoms with van der Waals surface area (Å²) < 4.78 is 0. The molecule has 0 bridgehead atoms. The molecule has 0 radical (unpaired) electrons. The van der Waals surface area contributed by atoms with E-state index in [1.165, 1.54) is 0 Å². The summed E-state index contributed by atoms with van der Waals surface area (Å²) >= 11 is 0. The lowest BCUT2D eigenvalue weighted by Gasteiger charge is -2.35. The highest BCUT2D eigenvalue weighted by atomic mass is 16.3. The Balaban J connectivity index is 1.88.